The summed E-state index contributed by atoms with van der Waals surface area (Å²) in [5.41, 5.74) is 0.846. The molecule has 0 heterocycles. The lowest BCUT2D eigenvalue weighted by Crippen LogP contribution is -3.14. The molecule has 0 aliphatic carbocycles. The minimum absolute atomic E-state index is 0.401. The van der Waals surface area contributed by atoms with Crippen molar-refractivity contribution >= 4 is 0 Å². The average molecular weight is 158 g/mol. The Hall–Kier alpha value is -0.0400. The molecule has 0 amide bonds. The van der Waals surface area contributed by atoms with E-state index in [9.17, 15) is 0 Å². The summed E-state index contributed by atoms with van der Waals surface area (Å²) in [7, 11) is 4.46. The van der Waals surface area contributed by atoms with Gasteiger partial charge in [-0.1, -0.05) is 20.8 Å². The summed E-state index contributed by atoms with van der Waals surface area (Å²) in [4.78, 5) is 1.53. The molecule has 0 aromatic carbocycles. The lowest BCUT2D eigenvalue weighted by molar-refractivity contribution is -0.912. The fraction of sp³-hybridized carbons (Fsp3) is 1.00. The SMILES string of the molecule is C[NH+](C)C(C)(C)CC(C)(C)C. The minimum atomic E-state index is 0.401. The molecule has 0 rings (SSSR count). The summed E-state index contributed by atoms with van der Waals surface area (Å²) >= 11 is 0. The zero-order valence-electron chi connectivity index (χ0n) is 9.21. The maximum atomic E-state index is 2.33. The van der Waals surface area contributed by atoms with Gasteiger partial charge < -0.3 is 4.90 Å². The first kappa shape index (κ1) is 11.0. The second kappa shape index (κ2) is 3.14. The Morgan fingerprint density at radius 1 is 0.909 bits per heavy atom. The molecule has 68 valence electrons. The van der Waals surface area contributed by atoms with Crippen LogP contribution in [-0.4, -0.2) is 19.6 Å². The number of hydrogen-bond donors (Lipinski definition) is 1. The van der Waals surface area contributed by atoms with Gasteiger partial charge in [-0.25, -0.2) is 0 Å². The zero-order valence-corrected chi connectivity index (χ0v) is 9.21. The molecule has 1 N–H and O–H groups in total. The molecule has 0 aliphatic rings. The van der Waals surface area contributed by atoms with Gasteiger partial charge in [-0.15, -0.1) is 0 Å². The van der Waals surface area contributed by atoms with Crippen molar-refractivity contribution in [2.75, 3.05) is 14.1 Å². The molecule has 0 atom stereocenters. The van der Waals surface area contributed by atoms with E-state index in [2.05, 4.69) is 48.7 Å². The second-order valence-electron chi connectivity index (χ2n) is 5.62. The predicted molar refractivity (Wildman–Crippen MR) is 51.0 cm³/mol. The van der Waals surface area contributed by atoms with Gasteiger partial charge in [-0.05, 0) is 19.3 Å². The molecular formula is C10H24N+. The van der Waals surface area contributed by atoms with Crippen molar-refractivity contribution in [1.82, 2.24) is 0 Å². The van der Waals surface area contributed by atoms with Crippen LogP contribution < -0.4 is 4.90 Å². The maximum Gasteiger partial charge on any atom is 0.0920 e. The highest BCUT2D eigenvalue weighted by molar-refractivity contribution is 4.74. The van der Waals surface area contributed by atoms with E-state index in [-0.39, 0.29) is 0 Å². The largest absolute Gasteiger partial charge is 0.335 e. The highest BCUT2D eigenvalue weighted by atomic mass is 15.1. The Morgan fingerprint density at radius 2 is 1.27 bits per heavy atom. The fourth-order valence-corrected chi connectivity index (χ4v) is 1.50. The monoisotopic (exact) mass is 158 g/mol. The van der Waals surface area contributed by atoms with Crippen molar-refractivity contribution in [2.24, 2.45) is 5.41 Å². The van der Waals surface area contributed by atoms with E-state index in [0.717, 1.165) is 0 Å². The van der Waals surface area contributed by atoms with Crippen molar-refractivity contribution in [2.45, 2.75) is 46.6 Å². The quantitative estimate of drug-likeness (QED) is 0.619. The average Bonchev–Trinajstić information content (AvgIpc) is 1.56. The van der Waals surface area contributed by atoms with E-state index in [1.165, 1.54) is 11.3 Å². The Kier molecular flexibility index (Phi) is 3.13. The first-order valence-electron chi connectivity index (χ1n) is 4.46. The van der Waals surface area contributed by atoms with Crippen LogP contribution in [-0.2, 0) is 0 Å². The molecule has 0 aliphatic heterocycles. The summed E-state index contributed by atoms with van der Waals surface area (Å²) in [6.45, 7) is 11.6. The number of rotatable bonds is 2. The van der Waals surface area contributed by atoms with Gasteiger partial charge in [-0.3, -0.25) is 0 Å². The minimum Gasteiger partial charge on any atom is -0.335 e. The molecule has 0 saturated heterocycles. The van der Waals surface area contributed by atoms with Gasteiger partial charge in [0.25, 0.3) is 0 Å². The summed E-state index contributed by atoms with van der Waals surface area (Å²) < 4.78 is 0. The molecule has 0 spiro atoms. The molecule has 0 bridgehead atoms. The van der Waals surface area contributed by atoms with Gasteiger partial charge in [0.15, 0.2) is 0 Å². The van der Waals surface area contributed by atoms with E-state index in [1.807, 2.05) is 0 Å². The van der Waals surface area contributed by atoms with Crippen LogP contribution in [0.15, 0.2) is 0 Å². The van der Waals surface area contributed by atoms with Crippen molar-refractivity contribution in [3.8, 4) is 0 Å². The molecule has 11 heavy (non-hydrogen) atoms. The highest BCUT2D eigenvalue weighted by Crippen LogP contribution is 2.24. The van der Waals surface area contributed by atoms with Crippen molar-refractivity contribution in [3.63, 3.8) is 0 Å². The Bertz CT molecular complexity index is 117. The van der Waals surface area contributed by atoms with Crippen LogP contribution in [0.5, 0.6) is 0 Å². The van der Waals surface area contributed by atoms with Crippen LogP contribution in [0, 0.1) is 5.41 Å². The standard InChI is InChI=1S/C10H23N/c1-9(2,3)8-10(4,5)11(6)7/h8H2,1-7H3/p+1. The molecule has 1 heteroatoms. The molecule has 0 fully saturated rings. The first-order chi connectivity index (χ1) is 4.65. The van der Waals surface area contributed by atoms with E-state index in [0.29, 0.717) is 11.0 Å². The topological polar surface area (TPSA) is 4.44 Å². The molecule has 0 aromatic heterocycles. The molecular weight excluding hydrogens is 134 g/mol. The number of nitrogens with one attached hydrogen (secondary N) is 1. The number of hydrogen-bond acceptors (Lipinski definition) is 0. The van der Waals surface area contributed by atoms with Gasteiger partial charge in [0, 0.05) is 6.42 Å². The van der Waals surface area contributed by atoms with Crippen LogP contribution >= 0.6 is 0 Å². The molecule has 0 saturated carbocycles. The highest BCUT2D eigenvalue weighted by Gasteiger charge is 2.30. The van der Waals surface area contributed by atoms with E-state index in [4.69, 9.17) is 0 Å². The maximum absolute atomic E-state index is 2.33. The first-order valence-corrected chi connectivity index (χ1v) is 4.46. The molecule has 0 radical (unpaired) electrons. The van der Waals surface area contributed by atoms with Crippen LogP contribution in [0.4, 0.5) is 0 Å². The summed E-state index contributed by atoms with van der Waals surface area (Å²) in [6, 6.07) is 0. The summed E-state index contributed by atoms with van der Waals surface area (Å²) in [5, 5.41) is 0. The zero-order chi connectivity index (χ0) is 9.28. The van der Waals surface area contributed by atoms with Crippen LogP contribution in [0.25, 0.3) is 0 Å². The third-order valence-electron chi connectivity index (χ3n) is 2.33. The van der Waals surface area contributed by atoms with Gasteiger partial charge in [0.2, 0.25) is 0 Å². The van der Waals surface area contributed by atoms with Crippen molar-refractivity contribution in [1.29, 1.82) is 0 Å². The summed E-state index contributed by atoms with van der Waals surface area (Å²) in [6.07, 6.45) is 1.27. The lowest BCUT2D eigenvalue weighted by Gasteiger charge is -2.35. The van der Waals surface area contributed by atoms with E-state index < -0.39 is 0 Å². The van der Waals surface area contributed by atoms with Gasteiger partial charge in [0.1, 0.15) is 0 Å². The Labute approximate surface area is 71.8 Å². The summed E-state index contributed by atoms with van der Waals surface area (Å²) in [5.74, 6) is 0. The fourth-order valence-electron chi connectivity index (χ4n) is 1.50. The van der Waals surface area contributed by atoms with Gasteiger partial charge in [0.05, 0.1) is 19.6 Å². The molecule has 1 nitrogen and oxygen atoms in total. The Balaban J connectivity index is 4.13. The normalized spacial score (nSPS) is 14.2. The third kappa shape index (κ3) is 4.41. The smallest absolute Gasteiger partial charge is 0.0920 e. The van der Waals surface area contributed by atoms with Gasteiger partial charge in [-0.2, -0.15) is 0 Å². The van der Waals surface area contributed by atoms with Gasteiger partial charge >= 0.3 is 0 Å². The Morgan fingerprint density at radius 3 is 1.36 bits per heavy atom. The van der Waals surface area contributed by atoms with Crippen LogP contribution in [0.2, 0.25) is 0 Å². The van der Waals surface area contributed by atoms with E-state index in [1.54, 1.807) is 0 Å². The second-order valence-corrected chi connectivity index (χ2v) is 5.62. The van der Waals surface area contributed by atoms with Crippen LogP contribution in [0.3, 0.4) is 0 Å². The molecule has 0 unspecified atom stereocenters. The van der Waals surface area contributed by atoms with Crippen molar-refractivity contribution < 1.29 is 4.90 Å². The number of quaternary nitrogens is 1. The predicted octanol–water partition coefficient (Wildman–Crippen LogP) is 1.35. The van der Waals surface area contributed by atoms with E-state index >= 15 is 0 Å². The third-order valence-corrected chi connectivity index (χ3v) is 2.33. The molecule has 0 aromatic rings. The lowest BCUT2D eigenvalue weighted by atomic mass is 9.81. The van der Waals surface area contributed by atoms with Crippen LogP contribution in [0.1, 0.15) is 41.0 Å². The van der Waals surface area contributed by atoms with Crippen molar-refractivity contribution in [3.05, 3.63) is 0 Å².